The molecule has 0 unspecified atom stereocenters. The molecule has 3 rings (SSSR count). The van der Waals surface area contributed by atoms with E-state index in [-0.39, 0.29) is 0 Å². The van der Waals surface area contributed by atoms with Crippen molar-refractivity contribution in [3.63, 3.8) is 0 Å². The molecule has 0 radical (unpaired) electrons. The Morgan fingerprint density at radius 3 is 3.06 bits per heavy atom. The van der Waals surface area contributed by atoms with E-state index in [2.05, 4.69) is 4.98 Å². The third-order valence-electron chi connectivity index (χ3n) is 3.33. The molecule has 0 bridgehead atoms. The van der Waals surface area contributed by atoms with Crippen LogP contribution in [-0.2, 0) is 6.42 Å². The van der Waals surface area contributed by atoms with Crippen molar-refractivity contribution in [2.75, 3.05) is 5.73 Å². The predicted octanol–water partition coefficient (Wildman–Crippen LogP) is 2.84. The average Bonchev–Trinajstić information content (AvgIpc) is 2.28. The molecule has 1 atom stereocenters. The van der Waals surface area contributed by atoms with Gasteiger partial charge in [0, 0.05) is 27.4 Å². The number of halogens is 1. The number of nitrogens with two attached hydrogens (primary N) is 1. The highest BCUT2D eigenvalue weighted by Gasteiger charge is 2.23. The highest BCUT2D eigenvalue weighted by molar-refractivity contribution is 6.31. The third-order valence-corrected chi connectivity index (χ3v) is 3.57. The van der Waals surface area contributed by atoms with Gasteiger partial charge in [0.05, 0.1) is 11.6 Å². The molecule has 0 spiro atoms. The summed E-state index contributed by atoms with van der Waals surface area (Å²) in [6.45, 7) is 0. The van der Waals surface area contributed by atoms with Crippen molar-refractivity contribution < 1.29 is 5.11 Å². The quantitative estimate of drug-likeness (QED) is 0.754. The molecule has 4 heteroatoms. The highest BCUT2D eigenvalue weighted by atomic mass is 35.5. The molecule has 1 heterocycles. The number of hydrogen-bond acceptors (Lipinski definition) is 3. The lowest BCUT2D eigenvalue weighted by Gasteiger charge is -2.23. The highest BCUT2D eigenvalue weighted by Crippen LogP contribution is 2.37. The largest absolute Gasteiger partial charge is 0.398 e. The van der Waals surface area contributed by atoms with Crippen molar-refractivity contribution in [2.45, 2.75) is 25.4 Å². The van der Waals surface area contributed by atoms with Crippen LogP contribution >= 0.6 is 11.6 Å². The Morgan fingerprint density at radius 1 is 1.41 bits per heavy atom. The Kier molecular flexibility index (Phi) is 2.45. The van der Waals surface area contributed by atoms with E-state index in [0.29, 0.717) is 10.7 Å². The second-order valence-electron chi connectivity index (χ2n) is 4.46. The number of aryl methyl sites for hydroxylation is 1. The van der Waals surface area contributed by atoms with E-state index >= 15 is 0 Å². The third kappa shape index (κ3) is 1.66. The van der Waals surface area contributed by atoms with Gasteiger partial charge in [0.25, 0.3) is 0 Å². The van der Waals surface area contributed by atoms with Crippen LogP contribution in [0.1, 0.15) is 30.2 Å². The number of aliphatic hydroxyl groups is 1. The van der Waals surface area contributed by atoms with Crippen LogP contribution in [0.2, 0.25) is 5.02 Å². The molecule has 1 aliphatic carbocycles. The van der Waals surface area contributed by atoms with Gasteiger partial charge in [0.2, 0.25) is 0 Å². The van der Waals surface area contributed by atoms with Crippen LogP contribution in [0, 0.1) is 0 Å². The minimum atomic E-state index is -0.480. The number of aromatic nitrogens is 1. The Bertz CT molecular complexity index is 597. The maximum Gasteiger partial charge on any atom is 0.0828 e. The predicted molar refractivity (Wildman–Crippen MR) is 69.1 cm³/mol. The minimum Gasteiger partial charge on any atom is -0.398 e. The molecule has 0 saturated carbocycles. The van der Waals surface area contributed by atoms with Gasteiger partial charge in [0.15, 0.2) is 0 Å². The van der Waals surface area contributed by atoms with Crippen LogP contribution in [0.3, 0.4) is 0 Å². The fourth-order valence-corrected chi connectivity index (χ4v) is 2.67. The summed E-state index contributed by atoms with van der Waals surface area (Å²) in [7, 11) is 0. The first-order valence-electron chi connectivity index (χ1n) is 5.72. The monoisotopic (exact) mass is 248 g/mol. The van der Waals surface area contributed by atoms with Crippen molar-refractivity contribution >= 4 is 28.2 Å². The Morgan fingerprint density at radius 2 is 2.24 bits per heavy atom. The molecule has 2 aromatic rings. The lowest BCUT2D eigenvalue weighted by molar-refractivity contribution is 0.156. The second kappa shape index (κ2) is 3.86. The van der Waals surface area contributed by atoms with Crippen molar-refractivity contribution in [2.24, 2.45) is 0 Å². The lowest BCUT2D eigenvalue weighted by Crippen LogP contribution is -2.14. The van der Waals surface area contributed by atoms with Crippen LogP contribution in [0.5, 0.6) is 0 Å². The summed E-state index contributed by atoms with van der Waals surface area (Å²) in [6, 6.07) is 5.47. The summed E-state index contributed by atoms with van der Waals surface area (Å²) in [5.74, 6) is 0. The van der Waals surface area contributed by atoms with E-state index in [4.69, 9.17) is 17.3 Å². The summed E-state index contributed by atoms with van der Waals surface area (Å²) in [6.07, 6.45) is 2.11. The van der Waals surface area contributed by atoms with Gasteiger partial charge in [-0.05, 0) is 37.5 Å². The van der Waals surface area contributed by atoms with E-state index in [1.165, 1.54) is 0 Å². The molecule has 1 aromatic carbocycles. The number of hydrogen-bond donors (Lipinski definition) is 2. The van der Waals surface area contributed by atoms with Gasteiger partial charge in [-0.15, -0.1) is 0 Å². The fourth-order valence-electron chi connectivity index (χ4n) is 2.50. The SMILES string of the molecule is Nc1c2c(nc3cc(Cl)ccc13)CCC[C@@H]2O. The molecule has 88 valence electrons. The van der Waals surface area contributed by atoms with E-state index in [9.17, 15) is 5.11 Å². The Labute approximate surface area is 104 Å². The van der Waals surface area contributed by atoms with Gasteiger partial charge in [0.1, 0.15) is 0 Å². The van der Waals surface area contributed by atoms with Crippen LogP contribution in [0.15, 0.2) is 18.2 Å². The summed E-state index contributed by atoms with van der Waals surface area (Å²) in [5.41, 5.74) is 9.32. The van der Waals surface area contributed by atoms with E-state index in [0.717, 1.165) is 41.4 Å². The number of rotatable bonds is 0. The van der Waals surface area contributed by atoms with E-state index in [1.807, 2.05) is 12.1 Å². The molecular formula is C13H13ClN2O. The first-order valence-corrected chi connectivity index (χ1v) is 6.10. The number of anilines is 1. The lowest BCUT2D eigenvalue weighted by atomic mass is 9.90. The van der Waals surface area contributed by atoms with Crippen molar-refractivity contribution in [1.82, 2.24) is 4.98 Å². The topological polar surface area (TPSA) is 59.1 Å². The maximum absolute atomic E-state index is 10.0. The number of pyridine rings is 1. The molecule has 0 aliphatic heterocycles. The second-order valence-corrected chi connectivity index (χ2v) is 4.89. The number of aliphatic hydroxyl groups excluding tert-OH is 1. The first kappa shape index (κ1) is 10.8. The number of fused-ring (bicyclic) bond motifs is 2. The number of benzene rings is 1. The average molecular weight is 249 g/mol. The summed E-state index contributed by atoms with van der Waals surface area (Å²) in [4.78, 5) is 4.56. The van der Waals surface area contributed by atoms with E-state index in [1.54, 1.807) is 6.07 Å². The molecule has 0 saturated heterocycles. The van der Waals surface area contributed by atoms with Crippen LogP contribution in [-0.4, -0.2) is 10.1 Å². The zero-order chi connectivity index (χ0) is 12.0. The normalized spacial score (nSPS) is 19.3. The smallest absolute Gasteiger partial charge is 0.0828 e. The van der Waals surface area contributed by atoms with Crippen LogP contribution in [0.25, 0.3) is 10.9 Å². The van der Waals surface area contributed by atoms with Crippen molar-refractivity contribution in [3.05, 3.63) is 34.5 Å². The molecule has 0 fully saturated rings. The molecule has 0 amide bonds. The van der Waals surface area contributed by atoms with E-state index < -0.39 is 6.10 Å². The number of nitrogens with zero attached hydrogens (tertiary/aromatic N) is 1. The fraction of sp³-hybridized carbons (Fsp3) is 0.308. The van der Waals surface area contributed by atoms with Gasteiger partial charge in [-0.25, -0.2) is 0 Å². The standard InChI is InChI=1S/C13H13ClN2O/c14-7-4-5-8-10(6-7)16-9-2-1-3-11(17)12(9)13(8)15/h4-6,11,17H,1-3H2,(H2,15,16)/t11-/m0/s1. The Hall–Kier alpha value is -1.32. The van der Waals surface area contributed by atoms with Crippen LogP contribution < -0.4 is 5.73 Å². The van der Waals surface area contributed by atoms with Gasteiger partial charge in [-0.1, -0.05) is 11.6 Å². The number of nitrogen functional groups attached to an aromatic ring is 1. The first-order chi connectivity index (χ1) is 8.16. The van der Waals surface area contributed by atoms with Crippen molar-refractivity contribution in [3.8, 4) is 0 Å². The Balaban J connectivity index is 2.35. The molecule has 1 aromatic heterocycles. The summed E-state index contributed by atoms with van der Waals surface area (Å²) < 4.78 is 0. The maximum atomic E-state index is 10.0. The summed E-state index contributed by atoms with van der Waals surface area (Å²) >= 11 is 5.95. The zero-order valence-electron chi connectivity index (χ0n) is 9.28. The van der Waals surface area contributed by atoms with Crippen molar-refractivity contribution in [1.29, 1.82) is 0 Å². The molecular weight excluding hydrogens is 236 g/mol. The molecule has 3 nitrogen and oxygen atoms in total. The van der Waals surface area contributed by atoms with Gasteiger partial charge < -0.3 is 10.8 Å². The molecule has 1 aliphatic rings. The van der Waals surface area contributed by atoms with Crippen LogP contribution in [0.4, 0.5) is 5.69 Å². The van der Waals surface area contributed by atoms with Gasteiger partial charge >= 0.3 is 0 Å². The van der Waals surface area contributed by atoms with Gasteiger partial charge in [-0.2, -0.15) is 0 Å². The summed E-state index contributed by atoms with van der Waals surface area (Å²) in [5, 5.41) is 11.5. The molecule has 3 N–H and O–H groups in total. The van der Waals surface area contributed by atoms with Gasteiger partial charge in [-0.3, -0.25) is 4.98 Å². The zero-order valence-corrected chi connectivity index (χ0v) is 10.0. The minimum absolute atomic E-state index is 0.480. The molecule has 17 heavy (non-hydrogen) atoms.